The molecule has 3 rings (SSSR count). The van der Waals surface area contributed by atoms with Crippen molar-refractivity contribution in [1.29, 1.82) is 0 Å². The van der Waals surface area contributed by atoms with Gasteiger partial charge in [0.1, 0.15) is 17.4 Å². The van der Waals surface area contributed by atoms with E-state index < -0.39 is 5.97 Å². The number of ether oxygens (including phenoxy) is 1. The van der Waals surface area contributed by atoms with Crippen molar-refractivity contribution in [3.05, 3.63) is 70.2 Å². The molecule has 5 heteroatoms. The molecule has 0 fully saturated rings. The van der Waals surface area contributed by atoms with Crippen molar-refractivity contribution in [2.75, 3.05) is 0 Å². The monoisotopic (exact) mass is 352 g/mol. The Labute approximate surface area is 150 Å². The lowest BCUT2D eigenvalue weighted by Crippen LogP contribution is -2.24. The van der Waals surface area contributed by atoms with E-state index >= 15 is 0 Å². The Kier molecular flexibility index (Phi) is 5.14. The molecular weight excluding hydrogens is 334 g/mol. The van der Waals surface area contributed by atoms with E-state index in [1.54, 1.807) is 5.38 Å². The van der Waals surface area contributed by atoms with Gasteiger partial charge in [0.05, 0.1) is 5.69 Å². The summed E-state index contributed by atoms with van der Waals surface area (Å²) in [5.41, 5.74) is 5.02. The van der Waals surface area contributed by atoms with Crippen LogP contribution in [0.25, 0.3) is 10.6 Å². The summed E-state index contributed by atoms with van der Waals surface area (Å²) in [5.74, 6) is -0.255. The van der Waals surface area contributed by atoms with Crippen LogP contribution in [0, 0.1) is 13.8 Å². The molecule has 0 spiro atoms. The Morgan fingerprint density at radius 3 is 2.56 bits per heavy atom. The summed E-state index contributed by atoms with van der Waals surface area (Å²) in [6.45, 7) is 4.64. The third-order valence-electron chi connectivity index (χ3n) is 3.96. The summed E-state index contributed by atoms with van der Waals surface area (Å²) in [6, 6.07) is 14.0. The first-order valence-electron chi connectivity index (χ1n) is 7.95. The quantitative estimate of drug-likeness (QED) is 0.683. The molecule has 0 bridgehead atoms. The lowest BCUT2D eigenvalue weighted by Gasteiger charge is -2.09. The van der Waals surface area contributed by atoms with Crippen LogP contribution in [0.3, 0.4) is 0 Å². The fourth-order valence-electron chi connectivity index (χ4n) is 2.38. The molecule has 0 radical (unpaired) electrons. The van der Waals surface area contributed by atoms with Gasteiger partial charge in [0, 0.05) is 23.3 Å². The van der Waals surface area contributed by atoms with E-state index in [9.17, 15) is 9.90 Å². The maximum atomic E-state index is 10.6. The molecule has 0 amide bonds. The van der Waals surface area contributed by atoms with Gasteiger partial charge in [0.2, 0.25) is 0 Å². The van der Waals surface area contributed by atoms with Gasteiger partial charge in [-0.25, -0.2) is 4.98 Å². The maximum absolute atomic E-state index is 10.6. The van der Waals surface area contributed by atoms with Gasteiger partial charge in [-0.05, 0) is 42.7 Å². The molecule has 0 atom stereocenters. The van der Waals surface area contributed by atoms with Gasteiger partial charge in [-0.1, -0.05) is 30.3 Å². The number of nitrogens with zero attached hydrogens (tertiary/aromatic N) is 1. The average Bonchev–Trinajstić information content (AvgIpc) is 3.04. The Bertz CT molecular complexity index is 884. The second-order valence-electron chi connectivity index (χ2n) is 5.92. The Morgan fingerprint density at radius 1 is 1.12 bits per heavy atom. The van der Waals surface area contributed by atoms with Gasteiger partial charge < -0.3 is 14.6 Å². The number of rotatable bonds is 6. The van der Waals surface area contributed by atoms with Gasteiger partial charge >= 0.3 is 0 Å². The number of thiazole rings is 1. The fourth-order valence-corrected chi connectivity index (χ4v) is 3.21. The first-order chi connectivity index (χ1) is 12.0. The highest BCUT2D eigenvalue weighted by atomic mass is 32.1. The summed E-state index contributed by atoms with van der Waals surface area (Å²) in [7, 11) is 0. The molecule has 1 heterocycles. The summed E-state index contributed by atoms with van der Waals surface area (Å²) in [5, 5.41) is 13.2. The van der Waals surface area contributed by atoms with Gasteiger partial charge in [0.15, 0.2) is 0 Å². The standard InChI is InChI=1S/C20H19NO3S/c1-13-3-8-18(9-14(13)2)24-11-15-4-6-16(7-5-15)20-21-17(12-25-20)10-19(22)23/h3-9,12H,10-11H2,1-2H3,(H,22,23)/p-1. The van der Waals surface area contributed by atoms with Crippen molar-refractivity contribution in [2.24, 2.45) is 0 Å². The van der Waals surface area contributed by atoms with Crippen molar-refractivity contribution < 1.29 is 14.6 Å². The van der Waals surface area contributed by atoms with E-state index in [0.717, 1.165) is 21.9 Å². The van der Waals surface area contributed by atoms with E-state index in [1.807, 2.05) is 36.4 Å². The zero-order chi connectivity index (χ0) is 17.8. The smallest absolute Gasteiger partial charge is 0.123 e. The van der Waals surface area contributed by atoms with Crippen LogP contribution < -0.4 is 9.84 Å². The molecule has 3 aromatic rings. The van der Waals surface area contributed by atoms with Gasteiger partial charge in [-0.15, -0.1) is 11.3 Å². The molecule has 0 aliphatic rings. The third-order valence-corrected chi connectivity index (χ3v) is 4.90. The van der Waals surface area contributed by atoms with E-state index in [0.29, 0.717) is 12.3 Å². The molecule has 0 unspecified atom stereocenters. The van der Waals surface area contributed by atoms with E-state index in [1.165, 1.54) is 22.5 Å². The predicted molar refractivity (Wildman–Crippen MR) is 96.5 cm³/mol. The number of benzene rings is 2. The van der Waals surface area contributed by atoms with Crippen LogP contribution in [0.4, 0.5) is 0 Å². The number of aliphatic carboxylic acids is 1. The Hall–Kier alpha value is -2.66. The van der Waals surface area contributed by atoms with E-state index in [-0.39, 0.29) is 6.42 Å². The number of hydrogen-bond acceptors (Lipinski definition) is 5. The average molecular weight is 352 g/mol. The Morgan fingerprint density at radius 2 is 1.88 bits per heavy atom. The second-order valence-corrected chi connectivity index (χ2v) is 6.78. The van der Waals surface area contributed by atoms with Crippen molar-refractivity contribution in [2.45, 2.75) is 26.9 Å². The molecule has 25 heavy (non-hydrogen) atoms. The lowest BCUT2D eigenvalue weighted by atomic mass is 10.1. The lowest BCUT2D eigenvalue weighted by molar-refractivity contribution is -0.304. The molecule has 0 saturated carbocycles. The normalized spacial score (nSPS) is 10.6. The minimum atomic E-state index is -1.12. The number of aryl methyl sites for hydroxylation is 2. The van der Waals surface area contributed by atoms with Gasteiger partial charge in [-0.3, -0.25) is 0 Å². The summed E-state index contributed by atoms with van der Waals surface area (Å²) < 4.78 is 5.84. The van der Waals surface area contributed by atoms with Crippen LogP contribution in [0.1, 0.15) is 22.4 Å². The van der Waals surface area contributed by atoms with Crippen LogP contribution >= 0.6 is 11.3 Å². The molecule has 0 N–H and O–H groups in total. The highest BCUT2D eigenvalue weighted by Gasteiger charge is 2.06. The molecule has 128 valence electrons. The van der Waals surface area contributed by atoms with Gasteiger partial charge in [0.25, 0.3) is 0 Å². The SMILES string of the molecule is Cc1ccc(OCc2ccc(-c3nc(CC(=O)[O-])cs3)cc2)cc1C. The summed E-state index contributed by atoms with van der Waals surface area (Å²) in [6.07, 6.45) is -0.154. The van der Waals surface area contributed by atoms with Crippen LogP contribution in [0.2, 0.25) is 0 Å². The topological polar surface area (TPSA) is 62.2 Å². The molecule has 0 saturated heterocycles. The zero-order valence-electron chi connectivity index (χ0n) is 14.1. The van der Waals surface area contributed by atoms with E-state index in [4.69, 9.17) is 4.74 Å². The second kappa shape index (κ2) is 7.49. The number of aromatic nitrogens is 1. The summed E-state index contributed by atoms with van der Waals surface area (Å²) >= 11 is 1.43. The fraction of sp³-hybridized carbons (Fsp3) is 0.200. The molecular formula is C20H18NO3S-. The van der Waals surface area contributed by atoms with Crippen LogP contribution in [-0.4, -0.2) is 11.0 Å². The number of carboxylic acid groups (broad SMARTS) is 1. The van der Waals surface area contributed by atoms with Crippen molar-refractivity contribution >= 4 is 17.3 Å². The highest BCUT2D eigenvalue weighted by molar-refractivity contribution is 7.13. The number of carbonyl (C=O) groups excluding carboxylic acids is 1. The summed E-state index contributed by atoms with van der Waals surface area (Å²) in [4.78, 5) is 15.0. The van der Waals surface area contributed by atoms with Gasteiger partial charge in [-0.2, -0.15) is 0 Å². The molecule has 2 aromatic carbocycles. The number of hydrogen-bond donors (Lipinski definition) is 0. The first kappa shape index (κ1) is 17.2. The first-order valence-corrected chi connectivity index (χ1v) is 8.83. The molecule has 0 aliphatic heterocycles. The Balaban J connectivity index is 1.64. The minimum absolute atomic E-state index is 0.154. The largest absolute Gasteiger partial charge is 0.550 e. The molecule has 0 aliphatic carbocycles. The third kappa shape index (κ3) is 4.45. The zero-order valence-corrected chi connectivity index (χ0v) is 14.9. The predicted octanol–water partition coefficient (Wildman–Crippen LogP) is 3.30. The molecule has 1 aromatic heterocycles. The molecule has 4 nitrogen and oxygen atoms in total. The van der Waals surface area contributed by atoms with Crippen molar-refractivity contribution in [1.82, 2.24) is 4.98 Å². The van der Waals surface area contributed by atoms with Crippen molar-refractivity contribution in [3.63, 3.8) is 0 Å². The van der Waals surface area contributed by atoms with Crippen LogP contribution in [0.5, 0.6) is 5.75 Å². The van der Waals surface area contributed by atoms with Crippen LogP contribution in [-0.2, 0) is 17.8 Å². The number of carboxylic acids is 1. The van der Waals surface area contributed by atoms with Crippen LogP contribution in [0.15, 0.2) is 47.8 Å². The van der Waals surface area contributed by atoms with E-state index in [2.05, 4.69) is 24.9 Å². The highest BCUT2D eigenvalue weighted by Crippen LogP contribution is 2.25. The minimum Gasteiger partial charge on any atom is -0.550 e. The number of carbonyl (C=O) groups is 1. The van der Waals surface area contributed by atoms with Crippen molar-refractivity contribution in [3.8, 4) is 16.3 Å². The maximum Gasteiger partial charge on any atom is 0.123 e.